The lowest BCUT2D eigenvalue weighted by molar-refractivity contribution is -0.234. The first-order valence-electron chi connectivity index (χ1n) is 7.66. The van der Waals surface area contributed by atoms with Gasteiger partial charge in [-0.2, -0.15) is 0 Å². The standard InChI is InChI=1S/C15H28O6/c1-19-14(18)8-6-4-3-5-7-11-12(17)9-15(20-2)21-13(11)10-16/h11-13,15-17H,3-10H2,1-2H3/t11-,12-,13+,15-/m1/s1. The Labute approximate surface area is 126 Å². The van der Waals surface area contributed by atoms with Gasteiger partial charge in [0.25, 0.3) is 0 Å². The first kappa shape index (κ1) is 18.4. The highest BCUT2D eigenvalue weighted by Gasteiger charge is 2.37. The van der Waals surface area contributed by atoms with Crippen LogP contribution in [0.2, 0.25) is 0 Å². The van der Waals surface area contributed by atoms with Gasteiger partial charge in [0.1, 0.15) is 0 Å². The second-order valence-corrected chi connectivity index (χ2v) is 5.52. The number of esters is 1. The van der Waals surface area contributed by atoms with Crippen molar-refractivity contribution in [2.75, 3.05) is 20.8 Å². The molecule has 2 N–H and O–H groups in total. The van der Waals surface area contributed by atoms with Crippen LogP contribution >= 0.6 is 0 Å². The number of hydrogen-bond acceptors (Lipinski definition) is 6. The summed E-state index contributed by atoms with van der Waals surface area (Å²) in [6, 6.07) is 0. The lowest BCUT2D eigenvalue weighted by Crippen LogP contribution is -2.46. The minimum atomic E-state index is -0.504. The summed E-state index contributed by atoms with van der Waals surface area (Å²) < 4.78 is 15.3. The number of unbranched alkanes of at least 4 members (excludes halogenated alkanes) is 3. The van der Waals surface area contributed by atoms with Crippen LogP contribution in [0, 0.1) is 5.92 Å². The van der Waals surface area contributed by atoms with Gasteiger partial charge < -0.3 is 24.4 Å². The lowest BCUT2D eigenvalue weighted by Gasteiger charge is -2.38. The van der Waals surface area contributed by atoms with Crippen molar-refractivity contribution < 1.29 is 29.2 Å². The Hall–Kier alpha value is -0.690. The van der Waals surface area contributed by atoms with Crippen molar-refractivity contribution in [2.24, 2.45) is 5.92 Å². The second kappa shape index (κ2) is 10.1. The number of aliphatic hydroxyl groups excluding tert-OH is 2. The number of methoxy groups -OCH3 is 2. The zero-order valence-electron chi connectivity index (χ0n) is 13.0. The number of carbonyl (C=O) groups is 1. The van der Waals surface area contributed by atoms with E-state index in [2.05, 4.69) is 4.74 Å². The number of rotatable bonds is 9. The van der Waals surface area contributed by atoms with Crippen molar-refractivity contribution in [2.45, 2.75) is 63.4 Å². The molecule has 6 nitrogen and oxygen atoms in total. The predicted molar refractivity (Wildman–Crippen MR) is 76.6 cm³/mol. The monoisotopic (exact) mass is 304 g/mol. The normalized spacial score (nSPS) is 29.3. The number of ether oxygens (including phenoxy) is 3. The topological polar surface area (TPSA) is 85.2 Å². The smallest absolute Gasteiger partial charge is 0.305 e. The molecule has 1 aliphatic rings. The van der Waals surface area contributed by atoms with Crippen molar-refractivity contribution in [3.05, 3.63) is 0 Å². The summed E-state index contributed by atoms with van der Waals surface area (Å²) in [4.78, 5) is 11.0. The molecule has 1 rings (SSSR count). The summed E-state index contributed by atoms with van der Waals surface area (Å²) in [5.74, 6) is -0.223. The third kappa shape index (κ3) is 6.30. The van der Waals surface area contributed by atoms with Gasteiger partial charge in [-0.1, -0.05) is 19.3 Å². The molecule has 0 spiro atoms. The van der Waals surface area contributed by atoms with Crippen LogP contribution in [-0.4, -0.2) is 55.5 Å². The molecule has 0 saturated carbocycles. The Morgan fingerprint density at radius 2 is 1.95 bits per heavy atom. The quantitative estimate of drug-likeness (QED) is 0.492. The van der Waals surface area contributed by atoms with E-state index in [1.54, 1.807) is 0 Å². The van der Waals surface area contributed by atoms with Crippen LogP contribution in [0.1, 0.15) is 44.9 Å². The third-order valence-corrected chi connectivity index (χ3v) is 4.07. The van der Waals surface area contributed by atoms with E-state index < -0.39 is 12.4 Å². The zero-order valence-corrected chi connectivity index (χ0v) is 13.0. The molecule has 124 valence electrons. The molecule has 0 aromatic heterocycles. The van der Waals surface area contributed by atoms with Crippen molar-refractivity contribution in [1.82, 2.24) is 0 Å². The van der Waals surface area contributed by atoms with E-state index in [0.717, 1.165) is 32.1 Å². The predicted octanol–water partition coefficient (Wildman–Crippen LogP) is 1.23. The fourth-order valence-corrected chi connectivity index (χ4v) is 2.78. The molecule has 1 fully saturated rings. The summed E-state index contributed by atoms with van der Waals surface area (Å²) >= 11 is 0. The van der Waals surface area contributed by atoms with Crippen molar-refractivity contribution in [1.29, 1.82) is 0 Å². The van der Waals surface area contributed by atoms with Crippen LogP contribution in [0.3, 0.4) is 0 Å². The van der Waals surface area contributed by atoms with Gasteiger partial charge in [0.2, 0.25) is 0 Å². The van der Waals surface area contributed by atoms with Crippen molar-refractivity contribution in [3.63, 3.8) is 0 Å². The molecule has 6 heteroatoms. The average molecular weight is 304 g/mol. The van der Waals surface area contributed by atoms with Gasteiger partial charge in [-0.25, -0.2) is 0 Å². The number of aliphatic hydroxyl groups is 2. The van der Waals surface area contributed by atoms with E-state index in [9.17, 15) is 15.0 Å². The highest BCUT2D eigenvalue weighted by molar-refractivity contribution is 5.68. The van der Waals surface area contributed by atoms with Gasteiger partial charge >= 0.3 is 5.97 Å². The summed E-state index contributed by atoms with van der Waals surface area (Å²) in [5.41, 5.74) is 0. The van der Waals surface area contributed by atoms with Crippen molar-refractivity contribution >= 4 is 5.97 Å². The van der Waals surface area contributed by atoms with Gasteiger partial charge in [-0.05, 0) is 12.8 Å². The molecule has 21 heavy (non-hydrogen) atoms. The van der Waals surface area contributed by atoms with E-state index in [4.69, 9.17) is 9.47 Å². The maximum atomic E-state index is 11.0. The van der Waals surface area contributed by atoms with Crippen LogP contribution in [-0.2, 0) is 19.0 Å². The van der Waals surface area contributed by atoms with Crippen LogP contribution < -0.4 is 0 Å². The zero-order chi connectivity index (χ0) is 15.7. The van der Waals surface area contributed by atoms with Gasteiger partial charge in [0.05, 0.1) is 25.9 Å². The molecular weight excluding hydrogens is 276 g/mol. The Morgan fingerprint density at radius 1 is 1.24 bits per heavy atom. The highest BCUT2D eigenvalue weighted by atomic mass is 16.7. The van der Waals surface area contributed by atoms with Crippen molar-refractivity contribution in [3.8, 4) is 0 Å². The number of carbonyl (C=O) groups excluding carboxylic acids is 1. The molecule has 0 unspecified atom stereocenters. The molecule has 1 aliphatic heterocycles. The molecule has 0 aliphatic carbocycles. The SMILES string of the molecule is COC(=O)CCCCCC[C@@H]1[C@H](O)C[C@H](OC)O[C@H]1CO. The fraction of sp³-hybridized carbons (Fsp3) is 0.933. The van der Waals surface area contributed by atoms with E-state index in [-0.39, 0.29) is 24.6 Å². The van der Waals surface area contributed by atoms with Gasteiger partial charge in [0.15, 0.2) is 6.29 Å². The summed E-state index contributed by atoms with van der Waals surface area (Å²) in [6.07, 6.45) is 4.13. The van der Waals surface area contributed by atoms with E-state index in [1.165, 1.54) is 14.2 Å². The maximum absolute atomic E-state index is 11.0. The largest absolute Gasteiger partial charge is 0.469 e. The first-order chi connectivity index (χ1) is 10.1. The molecule has 4 atom stereocenters. The van der Waals surface area contributed by atoms with Crippen LogP contribution in [0.5, 0.6) is 0 Å². The molecular formula is C15H28O6. The Kier molecular flexibility index (Phi) is 8.84. The molecule has 1 saturated heterocycles. The number of hydrogen-bond donors (Lipinski definition) is 2. The van der Waals surface area contributed by atoms with Gasteiger partial charge in [0, 0.05) is 25.9 Å². The van der Waals surface area contributed by atoms with E-state index >= 15 is 0 Å². The molecule has 0 aromatic carbocycles. The van der Waals surface area contributed by atoms with E-state index in [0.29, 0.717) is 12.8 Å². The first-order valence-corrected chi connectivity index (χ1v) is 7.66. The molecule has 0 amide bonds. The Bertz CT molecular complexity index is 296. The summed E-state index contributed by atoms with van der Waals surface area (Å²) in [6.45, 7) is -0.107. The highest BCUT2D eigenvalue weighted by Crippen LogP contribution is 2.30. The van der Waals surface area contributed by atoms with Crippen LogP contribution in [0.15, 0.2) is 0 Å². The average Bonchev–Trinajstić information content (AvgIpc) is 2.50. The fourth-order valence-electron chi connectivity index (χ4n) is 2.78. The van der Waals surface area contributed by atoms with E-state index in [1.807, 2.05) is 0 Å². The minimum absolute atomic E-state index is 0.0537. The Balaban J connectivity index is 2.22. The second-order valence-electron chi connectivity index (χ2n) is 5.52. The van der Waals surface area contributed by atoms with Crippen LogP contribution in [0.25, 0.3) is 0 Å². The van der Waals surface area contributed by atoms with Gasteiger partial charge in [-0.3, -0.25) is 4.79 Å². The summed E-state index contributed by atoms with van der Waals surface area (Å²) in [7, 11) is 2.93. The lowest BCUT2D eigenvalue weighted by atomic mass is 9.86. The molecule has 1 heterocycles. The Morgan fingerprint density at radius 3 is 2.57 bits per heavy atom. The molecule has 0 bridgehead atoms. The minimum Gasteiger partial charge on any atom is -0.469 e. The maximum Gasteiger partial charge on any atom is 0.305 e. The third-order valence-electron chi connectivity index (χ3n) is 4.07. The van der Waals surface area contributed by atoms with Crippen LogP contribution in [0.4, 0.5) is 0 Å². The summed E-state index contributed by atoms with van der Waals surface area (Å²) in [5, 5.41) is 19.5. The molecule has 0 radical (unpaired) electrons. The van der Waals surface area contributed by atoms with Gasteiger partial charge in [-0.15, -0.1) is 0 Å². The molecule has 0 aromatic rings.